The van der Waals surface area contributed by atoms with E-state index in [0.717, 1.165) is 16.5 Å². The van der Waals surface area contributed by atoms with Gasteiger partial charge < -0.3 is 12.3 Å². The first kappa shape index (κ1) is 20.8. The Labute approximate surface area is 139 Å². The number of nitrogens with zero attached hydrogens (tertiary/aromatic N) is 1. The fourth-order valence-electron chi connectivity index (χ4n) is 2.91. The van der Waals surface area contributed by atoms with Crippen LogP contribution in [0.3, 0.4) is 0 Å². The SMILES string of the molecule is CCC(CC)CCC(C)c1ccnc2cc(Cl)ccc12.N.N. The van der Waals surface area contributed by atoms with Crippen LogP contribution < -0.4 is 12.3 Å². The molecular formula is C18H30ClN3. The summed E-state index contributed by atoms with van der Waals surface area (Å²) in [5.74, 6) is 1.43. The van der Waals surface area contributed by atoms with Crippen LogP contribution >= 0.6 is 11.6 Å². The quantitative estimate of drug-likeness (QED) is 0.633. The van der Waals surface area contributed by atoms with Crippen molar-refractivity contribution in [2.75, 3.05) is 0 Å². The summed E-state index contributed by atoms with van der Waals surface area (Å²) in [5.41, 5.74) is 2.40. The molecule has 1 atom stereocenters. The normalized spacial score (nSPS) is 11.9. The fraction of sp³-hybridized carbons (Fsp3) is 0.500. The number of pyridine rings is 1. The molecule has 0 amide bonds. The molecule has 1 heterocycles. The Morgan fingerprint density at radius 1 is 1.05 bits per heavy atom. The van der Waals surface area contributed by atoms with E-state index in [1.54, 1.807) is 0 Å². The Balaban J connectivity index is 0.00000220. The highest BCUT2D eigenvalue weighted by Gasteiger charge is 2.12. The van der Waals surface area contributed by atoms with Gasteiger partial charge in [0.25, 0.3) is 0 Å². The van der Waals surface area contributed by atoms with Gasteiger partial charge in [0.15, 0.2) is 0 Å². The van der Waals surface area contributed by atoms with Crippen LogP contribution in [0.1, 0.15) is 57.9 Å². The molecule has 0 spiro atoms. The van der Waals surface area contributed by atoms with Gasteiger partial charge in [0.2, 0.25) is 0 Å². The number of benzene rings is 1. The van der Waals surface area contributed by atoms with E-state index in [9.17, 15) is 0 Å². The lowest BCUT2D eigenvalue weighted by atomic mass is 9.88. The molecule has 0 radical (unpaired) electrons. The summed E-state index contributed by atoms with van der Waals surface area (Å²) in [6.45, 7) is 6.91. The van der Waals surface area contributed by atoms with Crippen LogP contribution in [-0.2, 0) is 0 Å². The highest BCUT2D eigenvalue weighted by molar-refractivity contribution is 6.31. The molecule has 1 unspecified atom stereocenters. The topological polar surface area (TPSA) is 82.9 Å². The van der Waals surface area contributed by atoms with Crippen molar-refractivity contribution >= 4 is 22.5 Å². The van der Waals surface area contributed by atoms with Gasteiger partial charge >= 0.3 is 0 Å². The third-order valence-corrected chi connectivity index (χ3v) is 4.67. The summed E-state index contributed by atoms with van der Waals surface area (Å²) in [6, 6.07) is 8.18. The number of hydrogen-bond acceptors (Lipinski definition) is 3. The second-order valence-electron chi connectivity index (χ2n) is 5.72. The van der Waals surface area contributed by atoms with E-state index in [-0.39, 0.29) is 12.3 Å². The van der Waals surface area contributed by atoms with Gasteiger partial charge in [-0.15, -0.1) is 0 Å². The molecule has 4 heteroatoms. The van der Waals surface area contributed by atoms with Crippen molar-refractivity contribution in [1.29, 1.82) is 0 Å². The maximum absolute atomic E-state index is 6.05. The third kappa shape index (κ3) is 4.94. The van der Waals surface area contributed by atoms with Gasteiger partial charge in [0.1, 0.15) is 0 Å². The molecule has 0 fully saturated rings. The van der Waals surface area contributed by atoms with Crippen molar-refractivity contribution in [2.45, 2.75) is 52.4 Å². The van der Waals surface area contributed by atoms with Gasteiger partial charge in [-0.25, -0.2) is 0 Å². The van der Waals surface area contributed by atoms with Crippen molar-refractivity contribution in [2.24, 2.45) is 5.92 Å². The molecule has 0 aliphatic rings. The third-order valence-electron chi connectivity index (χ3n) is 4.43. The lowest BCUT2D eigenvalue weighted by Gasteiger charge is -2.18. The van der Waals surface area contributed by atoms with Gasteiger partial charge in [-0.05, 0) is 48.4 Å². The summed E-state index contributed by atoms with van der Waals surface area (Å²) in [4.78, 5) is 4.43. The van der Waals surface area contributed by atoms with Crippen molar-refractivity contribution in [3.8, 4) is 0 Å². The van der Waals surface area contributed by atoms with E-state index in [4.69, 9.17) is 11.6 Å². The molecule has 124 valence electrons. The molecule has 0 aliphatic carbocycles. The molecule has 22 heavy (non-hydrogen) atoms. The molecule has 3 nitrogen and oxygen atoms in total. The summed E-state index contributed by atoms with van der Waals surface area (Å²) in [5, 5.41) is 2.00. The van der Waals surface area contributed by atoms with Crippen molar-refractivity contribution in [3.63, 3.8) is 0 Å². The minimum Gasteiger partial charge on any atom is -0.344 e. The maximum Gasteiger partial charge on any atom is 0.0719 e. The molecule has 0 saturated carbocycles. The molecule has 1 aromatic carbocycles. The Hall–Kier alpha value is -1.16. The lowest BCUT2D eigenvalue weighted by Crippen LogP contribution is -2.02. The second kappa shape index (κ2) is 9.78. The average molecular weight is 324 g/mol. The maximum atomic E-state index is 6.05. The Morgan fingerprint density at radius 2 is 1.73 bits per heavy atom. The van der Waals surface area contributed by atoms with Crippen LogP contribution in [0.2, 0.25) is 5.02 Å². The number of rotatable bonds is 6. The van der Waals surface area contributed by atoms with Crippen molar-refractivity contribution < 1.29 is 0 Å². The highest BCUT2D eigenvalue weighted by Crippen LogP contribution is 2.30. The van der Waals surface area contributed by atoms with E-state index in [1.807, 2.05) is 18.3 Å². The van der Waals surface area contributed by atoms with E-state index < -0.39 is 0 Å². The van der Waals surface area contributed by atoms with Crippen molar-refractivity contribution in [3.05, 3.63) is 41.0 Å². The fourth-order valence-corrected chi connectivity index (χ4v) is 3.08. The van der Waals surface area contributed by atoms with Gasteiger partial charge in [0, 0.05) is 16.6 Å². The van der Waals surface area contributed by atoms with Crippen LogP contribution in [0, 0.1) is 5.92 Å². The Bertz CT molecular complexity index is 567. The predicted molar refractivity (Wildman–Crippen MR) is 98.5 cm³/mol. The van der Waals surface area contributed by atoms with Crippen LogP contribution in [0.5, 0.6) is 0 Å². The molecule has 0 aliphatic heterocycles. The first-order chi connectivity index (χ1) is 9.65. The molecule has 1 aromatic heterocycles. The molecule has 2 rings (SSSR count). The van der Waals surface area contributed by atoms with Gasteiger partial charge in [-0.2, -0.15) is 0 Å². The zero-order valence-corrected chi connectivity index (χ0v) is 14.9. The lowest BCUT2D eigenvalue weighted by molar-refractivity contribution is 0.424. The van der Waals surface area contributed by atoms with E-state index in [0.29, 0.717) is 5.92 Å². The largest absolute Gasteiger partial charge is 0.344 e. The first-order valence-corrected chi connectivity index (χ1v) is 8.07. The zero-order chi connectivity index (χ0) is 14.5. The second-order valence-corrected chi connectivity index (χ2v) is 6.16. The van der Waals surface area contributed by atoms with Crippen LogP contribution in [0.15, 0.2) is 30.5 Å². The van der Waals surface area contributed by atoms with E-state index in [2.05, 4.69) is 37.9 Å². The zero-order valence-electron chi connectivity index (χ0n) is 14.1. The van der Waals surface area contributed by atoms with Gasteiger partial charge in [-0.1, -0.05) is 51.3 Å². The summed E-state index contributed by atoms with van der Waals surface area (Å²) < 4.78 is 0. The van der Waals surface area contributed by atoms with E-state index >= 15 is 0 Å². The smallest absolute Gasteiger partial charge is 0.0719 e. The molecular weight excluding hydrogens is 294 g/mol. The van der Waals surface area contributed by atoms with Crippen molar-refractivity contribution in [1.82, 2.24) is 17.3 Å². The molecule has 2 aromatic rings. The number of fused-ring (bicyclic) bond motifs is 1. The minimum atomic E-state index is 0. The molecule has 0 saturated heterocycles. The van der Waals surface area contributed by atoms with Crippen LogP contribution in [-0.4, -0.2) is 4.98 Å². The van der Waals surface area contributed by atoms with Crippen LogP contribution in [0.25, 0.3) is 10.9 Å². The number of aromatic nitrogens is 1. The molecule has 6 N–H and O–H groups in total. The van der Waals surface area contributed by atoms with Crippen LogP contribution in [0.4, 0.5) is 0 Å². The number of hydrogen-bond donors (Lipinski definition) is 2. The standard InChI is InChI=1S/C18H24ClN.2H3N/c1-4-14(5-2)7-6-13(3)16-10-11-20-18-12-15(19)8-9-17(16)18;;/h8-14H,4-7H2,1-3H3;2*1H3. The monoisotopic (exact) mass is 323 g/mol. The summed E-state index contributed by atoms with van der Waals surface area (Å²) in [6.07, 6.45) is 7.03. The average Bonchev–Trinajstić information content (AvgIpc) is 2.47. The van der Waals surface area contributed by atoms with E-state index in [1.165, 1.54) is 36.6 Å². The predicted octanol–water partition coefficient (Wildman–Crippen LogP) is 6.53. The highest BCUT2D eigenvalue weighted by atomic mass is 35.5. The molecule has 0 bridgehead atoms. The Kier molecular flexibility index (Phi) is 9.26. The number of halogens is 1. The Morgan fingerprint density at radius 3 is 2.36 bits per heavy atom. The first-order valence-electron chi connectivity index (χ1n) is 7.69. The van der Waals surface area contributed by atoms with Gasteiger partial charge in [-0.3, -0.25) is 4.98 Å². The summed E-state index contributed by atoms with van der Waals surface area (Å²) >= 11 is 6.05. The minimum absolute atomic E-state index is 0. The summed E-state index contributed by atoms with van der Waals surface area (Å²) in [7, 11) is 0. The van der Waals surface area contributed by atoms with Gasteiger partial charge in [0.05, 0.1) is 5.52 Å².